The van der Waals surface area contributed by atoms with E-state index in [9.17, 15) is 50.9 Å². The number of nitrogens with zero attached hydrogens (tertiary/aromatic N) is 4. The topological polar surface area (TPSA) is 130 Å². The van der Waals surface area contributed by atoms with Crippen molar-refractivity contribution in [2.75, 3.05) is 6.54 Å². The molecule has 0 bridgehead atoms. The first-order chi connectivity index (χ1) is 20.2. The normalized spacial score (nSPS) is 13.8. The summed E-state index contributed by atoms with van der Waals surface area (Å²) in [5.41, 5.74) is -3.29. The second-order valence-corrected chi connectivity index (χ2v) is 11.1. The number of carboxylic acid groups (broad SMARTS) is 1. The maximum absolute atomic E-state index is 13.4. The monoisotopic (exact) mass is 651 g/mol. The molecule has 0 radical (unpaired) electrons. The Labute approximate surface area is 251 Å². The minimum Gasteiger partial charge on any atom is -0.465 e. The number of carbonyl (C=O) groups excluding carboxylic acids is 1. The van der Waals surface area contributed by atoms with E-state index in [-0.39, 0.29) is 22.0 Å². The molecule has 0 aliphatic carbocycles. The van der Waals surface area contributed by atoms with Crippen LogP contribution in [0.5, 0.6) is 0 Å². The van der Waals surface area contributed by atoms with Crippen molar-refractivity contribution in [3.63, 3.8) is 0 Å². The Morgan fingerprint density at radius 2 is 1.66 bits per heavy atom. The van der Waals surface area contributed by atoms with Gasteiger partial charge >= 0.3 is 24.1 Å². The van der Waals surface area contributed by atoms with Gasteiger partial charge in [-0.3, -0.25) is 14.3 Å². The number of hydrogen-bond acceptors (Lipinski definition) is 5. The Bertz CT molecular complexity index is 1550. The standard InChI is InChI=1S/C27H28ClF6N5O5/c1-25(2,3)39(24(43)44)19(16-5-4-6-17(11-16)26(29,30)31)12-35-21(41)14-38-23(42)37(13-20(40)27(32,33)34)22(36-38)15-7-9-18(28)10-8-15/h4-11,19-20,40H,12-14H2,1-3H3,(H,35,41)(H,43,44)/t19?,20-/m0/s1. The van der Waals surface area contributed by atoms with Crippen LogP contribution in [-0.2, 0) is 24.1 Å². The number of carbonyl (C=O) groups is 2. The van der Waals surface area contributed by atoms with Gasteiger partial charge < -0.3 is 15.5 Å². The summed E-state index contributed by atoms with van der Waals surface area (Å²) in [6.07, 6.45) is -14.2. The van der Waals surface area contributed by atoms with Gasteiger partial charge in [-0.25, -0.2) is 14.3 Å². The van der Waals surface area contributed by atoms with Gasteiger partial charge in [0.1, 0.15) is 6.54 Å². The van der Waals surface area contributed by atoms with Crippen molar-refractivity contribution in [1.29, 1.82) is 0 Å². The highest BCUT2D eigenvalue weighted by atomic mass is 35.5. The molecular formula is C27H28ClF6N5O5. The molecule has 0 aliphatic rings. The lowest BCUT2D eigenvalue weighted by Gasteiger charge is -2.40. The van der Waals surface area contributed by atoms with Gasteiger partial charge in [0.15, 0.2) is 11.9 Å². The van der Waals surface area contributed by atoms with E-state index >= 15 is 0 Å². The Morgan fingerprint density at radius 1 is 1.05 bits per heavy atom. The SMILES string of the molecule is CC(C)(C)N(C(=O)O)C(CNC(=O)Cn1nc(-c2ccc(Cl)cc2)n(C[C@H](O)C(F)(F)F)c1=O)c1cccc(C(F)(F)F)c1. The largest absolute Gasteiger partial charge is 0.465 e. The van der Waals surface area contributed by atoms with E-state index in [0.29, 0.717) is 9.25 Å². The molecule has 0 saturated carbocycles. The lowest BCUT2D eigenvalue weighted by atomic mass is 9.97. The van der Waals surface area contributed by atoms with E-state index in [0.717, 1.165) is 23.1 Å². The third-order valence-corrected chi connectivity index (χ3v) is 6.64. The molecule has 1 aromatic heterocycles. The van der Waals surface area contributed by atoms with Crippen molar-refractivity contribution in [2.45, 2.75) is 63.9 Å². The molecule has 1 unspecified atom stereocenters. The maximum Gasteiger partial charge on any atom is 0.416 e. The van der Waals surface area contributed by atoms with Crippen molar-refractivity contribution >= 4 is 23.6 Å². The van der Waals surface area contributed by atoms with Crippen molar-refractivity contribution in [2.24, 2.45) is 0 Å². The number of aliphatic hydroxyl groups excluding tert-OH is 1. The molecule has 2 aromatic carbocycles. The Kier molecular flexibility index (Phi) is 10.1. The number of benzene rings is 2. The van der Waals surface area contributed by atoms with Crippen LogP contribution in [0.3, 0.4) is 0 Å². The molecule has 10 nitrogen and oxygen atoms in total. The Balaban J connectivity index is 1.95. The maximum atomic E-state index is 13.4. The van der Waals surface area contributed by atoms with Crippen LogP contribution in [0.25, 0.3) is 11.4 Å². The quantitative estimate of drug-likeness (QED) is 0.281. The van der Waals surface area contributed by atoms with Crippen LogP contribution in [0.15, 0.2) is 53.3 Å². The first-order valence-electron chi connectivity index (χ1n) is 12.8. The molecule has 0 spiro atoms. The lowest BCUT2D eigenvalue weighted by Crippen LogP contribution is -2.50. The summed E-state index contributed by atoms with van der Waals surface area (Å²) < 4.78 is 80.6. The van der Waals surface area contributed by atoms with Crippen molar-refractivity contribution in [3.8, 4) is 11.4 Å². The van der Waals surface area contributed by atoms with Gasteiger partial charge in [-0.1, -0.05) is 23.7 Å². The first-order valence-corrected chi connectivity index (χ1v) is 13.2. The van der Waals surface area contributed by atoms with Crippen LogP contribution < -0.4 is 11.0 Å². The van der Waals surface area contributed by atoms with Crippen LogP contribution in [0.2, 0.25) is 5.02 Å². The molecule has 0 fully saturated rings. The molecule has 0 saturated heterocycles. The molecule has 0 aliphatic heterocycles. The molecule has 17 heteroatoms. The summed E-state index contributed by atoms with van der Waals surface area (Å²) in [6.45, 7) is 1.89. The fraction of sp³-hybridized carbons (Fsp3) is 0.407. The molecular weight excluding hydrogens is 624 g/mol. The number of hydrogen-bond donors (Lipinski definition) is 3. The Morgan fingerprint density at radius 3 is 2.18 bits per heavy atom. The minimum atomic E-state index is -5.07. The number of halogens is 7. The third kappa shape index (κ3) is 8.31. The van der Waals surface area contributed by atoms with E-state index in [1.807, 2.05) is 0 Å². The van der Waals surface area contributed by atoms with Gasteiger partial charge in [0.2, 0.25) is 5.91 Å². The average molecular weight is 652 g/mol. The van der Waals surface area contributed by atoms with Crippen molar-refractivity contribution in [3.05, 3.63) is 75.2 Å². The van der Waals surface area contributed by atoms with Crippen LogP contribution in [0.4, 0.5) is 31.1 Å². The van der Waals surface area contributed by atoms with Crippen LogP contribution in [0.1, 0.15) is 37.9 Å². The van der Waals surface area contributed by atoms with Crippen LogP contribution in [0, 0.1) is 0 Å². The number of rotatable bonds is 9. The highest BCUT2D eigenvalue weighted by Crippen LogP contribution is 2.34. The molecule has 2 atom stereocenters. The Hall–Kier alpha value is -4.05. The summed E-state index contributed by atoms with van der Waals surface area (Å²) in [6, 6.07) is 8.09. The number of nitrogens with one attached hydrogen (secondary N) is 1. The summed E-state index contributed by atoms with van der Waals surface area (Å²) >= 11 is 5.86. The third-order valence-electron chi connectivity index (χ3n) is 6.38. The molecule has 3 N–H and O–H groups in total. The van der Waals surface area contributed by atoms with Crippen molar-refractivity contribution in [1.82, 2.24) is 24.6 Å². The zero-order chi connectivity index (χ0) is 33.2. The first kappa shape index (κ1) is 34.4. The number of aromatic nitrogens is 3. The lowest BCUT2D eigenvalue weighted by molar-refractivity contribution is -0.207. The molecule has 44 heavy (non-hydrogen) atoms. The molecule has 3 aromatic rings. The fourth-order valence-electron chi connectivity index (χ4n) is 4.37. The van der Waals surface area contributed by atoms with E-state index < -0.39 is 72.9 Å². The number of aliphatic hydroxyl groups is 1. The van der Waals surface area contributed by atoms with Gasteiger partial charge in [-0.05, 0) is 62.7 Å². The van der Waals surface area contributed by atoms with E-state index in [4.69, 9.17) is 11.6 Å². The highest BCUT2D eigenvalue weighted by Gasteiger charge is 2.40. The van der Waals surface area contributed by atoms with Crippen molar-refractivity contribution < 1.29 is 46.1 Å². The predicted octanol–water partition coefficient (Wildman–Crippen LogP) is 4.94. The summed E-state index contributed by atoms with van der Waals surface area (Å²) in [5.74, 6) is -1.26. The zero-order valence-electron chi connectivity index (χ0n) is 23.4. The summed E-state index contributed by atoms with van der Waals surface area (Å²) in [5, 5.41) is 26.2. The molecule has 3 rings (SSSR count). The fourth-order valence-corrected chi connectivity index (χ4v) is 4.49. The summed E-state index contributed by atoms with van der Waals surface area (Å²) in [7, 11) is 0. The van der Waals surface area contributed by atoms with Gasteiger partial charge in [0, 0.05) is 22.7 Å². The van der Waals surface area contributed by atoms with Gasteiger partial charge in [-0.2, -0.15) is 26.3 Å². The second kappa shape index (κ2) is 12.9. The summed E-state index contributed by atoms with van der Waals surface area (Å²) in [4.78, 5) is 39.0. The second-order valence-electron chi connectivity index (χ2n) is 10.7. The highest BCUT2D eigenvalue weighted by molar-refractivity contribution is 6.30. The molecule has 240 valence electrons. The predicted molar refractivity (Wildman–Crippen MR) is 146 cm³/mol. The molecule has 1 heterocycles. The van der Waals surface area contributed by atoms with Gasteiger partial charge in [0.05, 0.1) is 18.2 Å². The van der Waals surface area contributed by atoms with Gasteiger partial charge in [-0.15, -0.1) is 5.10 Å². The van der Waals surface area contributed by atoms with Gasteiger partial charge in [0.25, 0.3) is 0 Å². The van der Waals surface area contributed by atoms with Crippen LogP contribution >= 0.6 is 11.6 Å². The van der Waals surface area contributed by atoms with Crippen LogP contribution in [-0.4, -0.2) is 65.8 Å². The zero-order valence-corrected chi connectivity index (χ0v) is 24.2. The smallest absolute Gasteiger partial charge is 0.416 e. The minimum absolute atomic E-state index is 0.0787. The van der Waals surface area contributed by atoms with E-state index in [1.54, 1.807) is 0 Å². The number of amides is 2. The van der Waals surface area contributed by atoms with E-state index in [2.05, 4.69) is 10.4 Å². The number of alkyl halides is 6. The average Bonchev–Trinajstić information content (AvgIpc) is 3.19. The molecule has 2 amide bonds. The van der Waals surface area contributed by atoms with E-state index in [1.165, 1.54) is 51.1 Å².